The summed E-state index contributed by atoms with van der Waals surface area (Å²) in [7, 11) is -3.79. The number of hydrogen-bond acceptors (Lipinski definition) is 3. The number of nitrogens with one attached hydrogen (secondary N) is 2. The summed E-state index contributed by atoms with van der Waals surface area (Å²) in [5, 5.41) is 9.35. The van der Waals surface area contributed by atoms with Gasteiger partial charge in [-0.1, -0.05) is 19.8 Å². The number of aliphatic carboxylic acids is 1. The van der Waals surface area contributed by atoms with Crippen LogP contribution in [-0.2, 0) is 15.0 Å². The molecule has 1 rings (SSSR count). The summed E-state index contributed by atoms with van der Waals surface area (Å²) in [4.78, 5) is 11.4. The second kappa shape index (κ2) is 5.54. The van der Waals surface area contributed by atoms with Crippen molar-refractivity contribution in [1.29, 1.82) is 0 Å². The molecule has 1 aliphatic rings. The van der Waals surface area contributed by atoms with Crippen molar-refractivity contribution in [2.24, 2.45) is 5.92 Å². The lowest BCUT2D eigenvalue weighted by molar-refractivity contribution is -0.146. The van der Waals surface area contributed by atoms with E-state index in [1.807, 2.05) is 6.92 Å². The summed E-state index contributed by atoms with van der Waals surface area (Å²) in [6.45, 7) is 5.33. The lowest BCUT2D eigenvalue weighted by Gasteiger charge is -2.36. The zero-order chi connectivity index (χ0) is 14.0. The van der Waals surface area contributed by atoms with Gasteiger partial charge in [0.25, 0.3) is 10.2 Å². The molecule has 1 aliphatic carbocycles. The van der Waals surface area contributed by atoms with E-state index in [4.69, 9.17) is 0 Å². The highest BCUT2D eigenvalue weighted by atomic mass is 32.2. The highest BCUT2D eigenvalue weighted by Crippen LogP contribution is 2.33. The molecule has 0 aromatic rings. The molecule has 1 saturated carbocycles. The molecule has 0 radical (unpaired) electrons. The third-order valence-corrected chi connectivity index (χ3v) is 4.57. The molecule has 1 fully saturated rings. The SMILES string of the molecule is CC1CCCC(NS(=O)(=O)NC(C)C)(C(=O)O)C1. The predicted molar refractivity (Wildman–Crippen MR) is 68.3 cm³/mol. The first kappa shape index (κ1) is 15.4. The van der Waals surface area contributed by atoms with E-state index in [2.05, 4.69) is 9.44 Å². The van der Waals surface area contributed by atoms with Crippen molar-refractivity contribution in [3.63, 3.8) is 0 Å². The van der Waals surface area contributed by atoms with Gasteiger partial charge in [0.2, 0.25) is 0 Å². The topological polar surface area (TPSA) is 95.5 Å². The van der Waals surface area contributed by atoms with Gasteiger partial charge >= 0.3 is 5.97 Å². The molecule has 0 aliphatic heterocycles. The van der Waals surface area contributed by atoms with Crippen molar-refractivity contribution in [2.45, 2.75) is 58.0 Å². The molecule has 0 amide bonds. The van der Waals surface area contributed by atoms with Gasteiger partial charge in [0.1, 0.15) is 5.54 Å². The van der Waals surface area contributed by atoms with Crippen LogP contribution in [0.1, 0.15) is 46.5 Å². The van der Waals surface area contributed by atoms with Crippen LogP contribution in [0.3, 0.4) is 0 Å². The van der Waals surface area contributed by atoms with Gasteiger partial charge in [-0.05, 0) is 32.6 Å². The van der Waals surface area contributed by atoms with Crippen molar-refractivity contribution >= 4 is 16.2 Å². The Hall–Kier alpha value is -0.660. The number of carbonyl (C=O) groups is 1. The molecule has 3 N–H and O–H groups in total. The first-order chi connectivity index (χ1) is 8.17. The molecular weight excluding hydrogens is 256 g/mol. The molecule has 106 valence electrons. The van der Waals surface area contributed by atoms with Crippen LogP contribution < -0.4 is 9.44 Å². The van der Waals surface area contributed by atoms with Crippen LogP contribution in [0.4, 0.5) is 0 Å². The van der Waals surface area contributed by atoms with E-state index >= 15 is 0 Å². The van der Waals surface area contributed by atoms with Crippen LogP contribution in [-0.4, -0.2) is 31.1 Å². The number of carboxylic acids is 1. The smallest absolute Gasteiger partial charge is 0.324 e. The number of hydrogen-bond donors (Lipinski definition) is 3. The number of rotatable bonds is 5. The first-order valence-corrected chi connectivity index (χ1v) is 7.70. The molecule has 0 aromatic heterocycles. The quantitative estimate of drug-likeness (QED) is 0.695. The van der Waals surface area contributed by atoms with Gasteiger partial charge in [-0.15, -0.1) is 0 Å². The lowest BCUT2D eigenvalue weighted by atomic mass is 9.77. The van der Waals surface area contributed by atoms with Gasteiger partial charge in [0.05, 0.1) is 0 Å². The maximum absolute atomic E-state index is 11.8. The fourth-order valence-corrected chi connectivity index (χ4v) is 3.95. The minimum atomic E-state index is -3.79. The largest absolute Gasteiger partial charge is 0.480 e. The first-order valence-electron chi connectivity index (χ1n) is 6.21. The van der Waals surface area contributed by atoms with Gasteiger partial charge in [0.15, 0.2) is 0 Å². The molecule has 0 bridgehead atoms. The molecule has 7 heteroatoms. The zero-order valence-corrected chi connectivity index (χ0v) is 11.9. The Morgan fingerprint density at radius 1 is 1.44 bits per heavy atom. The van der Waals surface area contributed by atoms with E-state index in [0.29, 0.717) is 12.8 Å². The normalized spacial score (nSPS) is 29.4. The van der Waals surface area contributed by atoms with Crippen LogP contribution in [0.5, 0.6) is 0 Å². The standard InChI is InChI=1S/C11H22N2O4S/c1-8(2)12-18(16,17)13-11(10(14)15)6-4-5-9(3)7-11/h8-9,12-13H,4-7H2,1-3H3,(H,14,15). The van der Waals surface area contributed by atoms with E-state index in [1.165, 1.54) is 0 Å². The van der Waals surface area contributed by atoms with Crippen molar-refractivity contribution in [3.05, 3.63) is 0 Å². The van der Waals surface area contributed by atoms with Crippen LogP contribution in [0.15, 0.2) is 0 Å². The Bertz CT molecular complexity index is 407. The Morgan fingerprint density at radius 2 is 2.06 bits per heavy atom. The van der Waals surface area contributed by atoms with E-state index in [0.717, 1.165) is 12.8 Å². The van der Waals surface area contributed by atoms with Gasteiger partial charge in [-0.25, -0.2) is 0 Å². The maximum atomic E-state index is 11.8. The van der Waals surface area contributed by atoms with Gasteiger partial charge in [-0.2, -0.15) is 17.9 Å². The Balaban J connectivity index is 2.90. The van der Waals surface area contributed by atoms with Gasteiger partial charge < -0.3 is 5.11 Å². The van der Waals surface area contributed by atoms with E-state index in [-0.39, 0.29) is 12.0 Å². The second-order valence-corrected chi connectivity index (χ2v) is 6.91. The Kier molecular flexibility index (Phi) is 4.74. The van der Waals surface area contributed by atoms with Crippen LogP contribution in [0.25, 0.3) is 0 Å². The second-order valence-electron chi connectivity index (χ2n) is 5.47. The average Bonchev–Trinajstić information content (AvgIpc) is 2.13. The monoisotopic (exact) mass is 278 g/mol. The van der Waals surface area contributed by atoms with Crippen molar-refractivity contribution in [3.8, 4) is 0 Å². The summed E-state index contributed by atoms with van der Waals surface area (Å²) < 4.78 is 28.4. The molecule has 0 spiro atoms. The summed E-state index contributed by atoms with van der Waals surface area (Å²) >= 11 is 0. The minimum Gasteiger partial charge on any atom is -0.480 e. The molecule has 0 aromatic carbocycles. The lowest BCUT2D eigenvalue weighted by Crippen LogP contribution is -2.59. The number of carboxylic acid groups (broad SMARTS) is 1. The molecule has 2 unspecified atom stereocenters. The summed E-state index contributed by atoms with van der Waals surface area (Å²) in [5.41, 5.74) is -1.36. The van der Waals surface area contributed by atoms with Crippen LogP contribution >= 0.6 is 0 Å². The van der Waals surface area contributed by atoms with E-state index in [1.54, 1.807) is 13.8 Å². The van der Waals surface area contributed by atoms with Crippen molar-refractivity contribution in [2.75, 3.05) is 0 Å². The minimum absolute atomic E-state index is 0.205. The van der Waals surface area contributed by atoms with Crippen molar-refractivity contribution < 1.29 is 18.3 Å². The van der Waals surface area contributed by atoms with Gasteiger partial charge in [-0.3, -0.25) is 4.79 Å². The predicted octanol–water partition coefficient (Wildman–Crippen LogP) is 0.852. The highest BCUT2D eigenvalue weighted by Gasteiger charge is 2.44. The summed E-state index contributed by atoms with van der Waals surface area (Å²) in [6.07, 6.45) is 2.33. The zero-order valence-electron chi connectivity index (χ0n) is 11.1. The molecule has 6 nitrogen and oxygen atoms in total. The molecule has 0 heterocycles. The van der Waals surface area contributed by atoms with Crippen LogP contribution in [0, 0.1) is 5.92 Å². The summed E-state index contributed by atoms with van der Waals surface area (Å²) in [6, 6.07) is -0.269. The molecule has 18 heavy (non-hydrogen) atoms. The highest BCUT2D eigenvalue weighted by molar-refractivity contribution is 7.87. The van der Waals surface area contributed by atoms with Gasteiger partial charge in [0, 0.05) is 6.04 Å². The molecular formula is C11H22N2O4S. The van der Waals surface area contributed by atoms with E-state index < -0.39 is 21.7 Å². The molecule has 2 atom stereocenters. The third kappa shape index (κ3) is 3.93. The van der Waals surface area contributed by atoms with E-state index in [9.17, 15) is 18.3 Å². The molecule has 0 saturated heterocycles. The summed E-state index contributed by atoms with van der Waals surface area (Å²) in [5.74, 6) is -0.889. The maximum Gasteiger partial charge on any atom is 0.324 e. The van der Waals surface area contributed by atoms with Crippen molar-refractivity contribution in [1.82, 2.24) is 9.44 Å². The average molecular weight is 278 g/mol. The Labute approximate surface area is 108 Å². The Morgan fingerprint density at radius 3 is 2.50 bits per heavy atom. The van der Waals surface area contributed by atoms with Crippen LogP contribution in [0.2, 0.25) is 0 Å². The third-order valence-electron chi connectivity index (χ3n) is 3.13. The fourth-order valence-electron chi connectivity index (χ4n) is 2.48. The fraction of sp³-hybridized carbons (Fsp3) is 0.909.